The summed E-state index contributed by atoms with van der Waals surface area (Å²) in [5, 5.41) is 13.9. The molecule has 0 spiro atoms. The van der Waals surface area contributed by atoms with E-state index in [2.05, 4.69) is 34.5 Å². The van der Waals surface area contributed by atoms with Gasteiger partial charge in [-0.2, -0.15) is 0 Å². The molecule has 0 saturated heterocycles. The van der Waals surface area contributed by atoms with Gasteiger partial charge in [0.15, 0.2) is 0 Å². The first kappa shape index (κ1) is 13.9. The summed E-state index contributed by atoms with van der Waals surface area (Å²) in [6.07, 6.45) is 6.72. The SMILES string of the molecule is CNC1CCN(C2CCCCCC2O)c2ccccc21. The van der Waals surface area contributed by atoms with Crippen molar-refractivity contribution in [3.63, 3.8) is 0 Å². The van der Waals surface area contributed by atoms with Gasteiger partial charge in [0.1, 0.15) is 0 Å². The van der Waals surface area contributed by atoms with Crippen molar-refractivity contribution >= 4 is 5.69 Å². The molecule has 1 heterocycles. The number of nitrogens with zero attached hydrogens (tertiary/aromatic N) is 1. The Labute approximate surface area is 122 Å². The summed E-state index contributed by atoms with van der Waals surface area (Å²) in [6, 6.07) is 9.44. The molecule has 110 valence electrons. The van der Waals surface area contributed by atoms with Gasteiger partial charge in [-0.1, -0.05) is 37.5 Å². The van der Waals surface area contributed by atoms with E-state index in [1.165, 1.54) is 30.5 Å². The van der Waals surface area contributed by atoms with Crippen molar-refractivity contribution in [3.8, 4) is 0 Å². The predicted octanol–water partition coefficient (Wildman–Crippen LogP) is 2.85. The summed E-state index contributed by atoms with van der Waals surface area (Å²) in [6.45, 7) is 1.05. The van der Waals surface area contributed by atoms with E-state index in [0.29, 0.717) is 12.1 Å². The van der Waals surface area contributed by atoms with Crippen LogP contribution in [0, 0.1) is 0 Å². The van der Waals surface area contributed by atoms with Crippen molar-refractivity contribution in [3.05, 3.63) is 29.8 Å². The second kappa shape index (κ2) is 6.15. The van der Waals surface area contributed by atoms with Crippen molar-refractivity contribution in [2.75, 3.05) is 18.5 Å². The van der Waals surface area contributed by atoms with Gasteiger partial charge in [0, 0.05) is 18.3 Å². The minimum atomic E-state index is -0.170. The van der Waals surface area contributed by atoms with Crippen molar-refractivity contribution < 1.29 is 5.11 Å². The Hall–Kier alpha value is -1.06. The first-order valence-electron chi connectivity index (χ1n) is 8.02. The highest BCUT2D eigenvalue weighted by Gasteiger charge is 2.32. The zero-order valence-corrected chi connectivity index (χ0v) is 12.4. The highest BCUT2D eigenvalue weighted by atomic mass is 16.3. The van der Waals surface area contributed by atoms with Gasteiger partial charge in [0.25, 0.3) is 0 Å². The summed E-state index contributed by atoms with van der Waals surface area (Å²) < 4.78 is 0. The summed E-state index contributed by atoms with van der Waals surface area (Å²) in [4.78, 5) is 2.47. The molecule has 1 saturated carbocycles. The number of benzene rings is 1. The van der Waals surface area contributed by atoms with Crippen molar-refractivity contribution in [1.29, 1.82) is 0 Å². The topological polar surface area (TPSA) is 35.5 Å². The second-order valence-electron chi connectivity index (χ2n) is 6.15. The molecular formula is C17H26N2O. The fraction of sp³-hybridized carbons (Fsp3) is 0.647. The van der Waals surface area contributed by atoms with Crippen LogP contribution < -0.4 is 10.2 Å². The Morgan fingerprint density at radius 2 is 1.90 bits per heavy atom. The Bertz CT molecular complexity index is 448. The van der Waals surface area contributed by atoms with Crippen LogP contribution in [0.25, 0.3) is 0 Å². The van der Waals surface area contributed by atoms with Crippen LogP contribution >= 0.6 is 0 Å². The molecule has 3 rings (SSSR count). The van der Waals surface area contributed by atoms with Crippen LogP contribution in [0.15, 0.2) is 24.3 Å². The smallest absolute Gasteiger partial charge is 0.0743 e. The van der Waals surface area contributed by atoms with E-state index in [0.717, 1.165) is 25.8 Å². The highest BCUT2D eigenvalue weighted by molar-refractivity contribution is 5.58. The van der Waals surface area contributed by atoms with E-state index in [1.54, 1.807) is 0 Å². The van der Waals surface area contributed by atoms with Gasteiger partial charge in [-0.25, -0.2) is 0 Å². The van der Waals surface area contributed by atoms with Crippen LogP contribution in [0.3, 0.4) is 0 Å². The lowest BCUT2D eigenvalue weighted by Gasteiger charge is -2.42. The molecule has 0 radical (unpaired) electrons. The third-order valence-corrected chi connectivity index (χ3v) is 4.97. The van der Waals surface area contributed by atoms with E-state index >= 15 is 0 Å². The van der Waals surface area contributed by atoms with Gasteiger partial charge in [-0.15, -0.1) is 0 Å². The Balaban J connectivity index is 1.90. The largest absolute Gasteiger partial charge is 0.391 e. The number of hydrogen-bond donors (Lipinski definition) is 2. The quantitative estimate of drug-likeness (QED) is 0.814. The molecule has 1 aliphatic carbocycles. The van der Waals surface area contributed by atoms with Crippen LogP contribution in [0.5, 0.6) is 0 Å². The minimum Gasteiger partial charge on any atom is -0.391 e. The van der Waals surface area contributed by atoms with Gasteiger partial charge < -0.3 is 15.3 Å². The molecule has 1 aromatic carbocycles. The monoisotopic (exact) mass is 274 g/mol. The molecule has 1 fully saturated rings. The van der Waals surface area contributed by atoms with Crippen LogP contribution in [-0.4, -0.2) is 30.8 Å². The van der Waals surface area contributed by atoms with Crippen molar-refractivity contribution in [2.45, 2.75) is 56.7 Å². The minimum absolute atomic E-state index is 0.170. The molecule has 2 N–H and O–H groups in total. The Morgan fingerprint density at radius 1 is 1.10 bits per heavy atom. The number of para-hydroxylation sites is 1. The second-order valence-corrected chi connectivity index (χ2v) is 6.15. The molecule has 0 aromatic heterocycles. The molecule has 0 bridgehead atoms. The molecule has 3 atom stereocenters. The number of aliphatic hydroxyl groups is 1. The maximum atomic E-state index is 10.5. The first-order valence-corrected chi connectivity index (χ1v) is 8.02. The first-order chi connectivity index (χ1) is 9.81. The average molecular weight is 274 g/mol. The molecule has 1 aromatic rings. The predicted molar refractivity (Wildman–Crippen MR) is 83.1 cm³/mol. The molecular weight excluding hydrogens is 248 g/mol. The maximum absolute atomic E-state index is 10.5. The molecule has 20 heavy (non-hydrogen) atoms. The number of rotatable bonds is 2. The number of fused-ring (bicyclic) bond motifs is 1. The summed E-state index contributed by atoms with van der Waals surface area (Å²) in [7, 11) is 2.04. The lowest BCUT2D eigenvalue weighted by molar-refractivity contribution is 0.131. The van der Waals surface area contributed by atoms with Gasteiger partial charge in [-0.05, 0) is 37.9 Å². The molecule has 2 aliphatic rings. The number of hydrogen-bond acceptors (Lipinski definition) is 3. The fourth-order valence-electron chi connectivity index (χ4n) is 3.86. The van der Waals surface area contributed by atoms with E-state index in [9.17, 15) is 5.11 Å². The Kier molecular flexibility index (Phi) is 4.27. The number of anilines is 1. The van der Waals surface area contributed by atoms with Gasteiger partial charge in [0.2, 0.25) is 0 Å². The van der Waals surface area contributed by atoms with E-state index in [1.807, 2.05) is 7.05 Å². The zero-order valence-electron chi connectivity index (χ0n) is 12.4. The van der Waals surface area contributed by atoms with Gasteiger partial charge in [-0.3, -0.25) is 0 Å². The van der Waals surface area contributed by atoms with E-state index < -0.39 is 0 Å². The van der Waals surface area contributed by atoms with E-state index in [4.69, 9.17) is 0 Å². The lowest BCUT2D eigenvalue weighted by atomic mass is 9.93. The summed E-state index contributed by atoms with van der Waals surface area (Å²) >= 11 is 0. The van der Waals surface area contributed by atoms with Gasteiger partial charge >= 0.3 is 0 Å². The summed E-state index contributed by atoms with van der Waals surface area (Å²) in [5.74, 6) is 0. The zero-order chi connectivity index (χ0) is 13.9. The van der Waals surface area contributed by atoms with Crippen LogP contribution in [-0.2, 0) is 0 Å². The average Bonchev–Trinajstić information content (AvgIpc) is 2.71. The molecule has 3 nitrogen and oxygen atoms in total. The maximum Gasteiger partial charge on any atom is 0.0743 e. The third-order valence-electron chi connectivity index (χ3n) is 4.97. The van der Waals surface area contributed by atoms with Crippen LogP contribution in [0.2, 0.25) is 0 Å². The van der Waals surface area contributed by atoms with E-state index in [-0.39, 0.29) is 6.10 Å². The number of nitrogens with one attached hydrogen (secondary N) is 1. The van der Waals surface area contributed by atoms with Crippen LogP contribution in [0.1, 0.15) is 50.1 Å². The van der Waals surface area contributed by atoms with Gasteiger partial charge in [0.05, 0.1) is 12.1 Å². The highest BCUT2D eigenvalue weighted by Crippen LogP contribution is 2.37. The molecule has 1 aliphatic heterocycles. The molecule has 3 unspecified atom stereocenters. The molecule has 0 amide bonds. The number of aliphatic hydroxyl groups excluding tert-OH is 1. The van der Waals surface area contributed by atoms with Crippen LogP contribution in [0.4, 0.5) is 5.69 Å². The third kappa shape index (κ3) is 2.57. The fourth-order valence-corrected chi connectivity index (χ4v) is 3.86. The Morgan fingerprint density at radius 3 is 2.75 bits per heavy atom. The standard InChI is InChI=1S/C17H26N2O/c1-18-14-11-12-19(15-8-6-5-7-13(14)15)16-9-3-2-4-10-17(16)20/h5-8,14,16-18,20H,2-4,9-12H2,1H3. The van der Waals surface area contributed by atoms with Crippen molar-refractivity contribution in [1.82, 2.24) is 5.32 Å². The summed E-state index contributed by atoms with van der Waals surface area (Å²) in [5.41, 5.74) is 2.71. The normalized spacial score (nSPS) is 30.7. The van der Waals surface area contributed by atoms with Crippen molar-refractivity contribution in [2.24, 2.45) is 0 Å². The lowest BCUT2D eigenvalue weighted by Crippen LogP contribution is -2.47. The molecule has 3 heteroatoms.